The lowest BCUT2D eigenvalue weighted by Crippen LogP contribution is -1.90. The molecule has 0 radical (unpaired) electrons. The summed E-state index contributed by atoms with van der Waals surface area (Å²) in [7, 11) is 1.47. The summed E-state index contributed by atoms with van der Waals surface area (Å²) >= 11 is 3.26. The molecule has 0 saturated carbocycles. The molecule has 0 fully saturated rings. The maximum atomic E-state index is 13.7. The number of ether oxygens (including phenoxy) is 1. The Kier molecular flexibility index (Phi) is 2.82. The zero-order chi connectivity index (χ0) is 11.7. The van der Waals surface area contributed by atoms with E-state index in [1.165, 1.54) is 19.2 Å². The third-order valence-corrected chi connectivity index (χ3v) is 2.67. The number of hydrogen-bond acceptors (Lipinski definition) is 4. The van der Waals surface area contributed by atoms with Crippen LogP contribution in [-0.4, -0.2) is 12.3 Å². The van der Waals surface area contributed by atoms with E-state index in [-0.39, 0.29) is 5.88 Å². The van der Waals surface area contributed by atoms with Crippen LogP contribution in [0.4, 0.5) is 10.3 Å². The van der Waals surface area contributed by atoms with Gasteiger partial charge in [0.05, 0.1) is 11.6 Å². The van der Waals surface area contributed by atoms with Crippen molar-refractivity contribution < 1.29 is 13.7 Å². The summed E-state index contributed by atoms with van der Waals surface area (Å²) in [5, 5.41) is 3.64. The lowest BCUT2D eigenvalue weighted by atomic mass is 10.1. The molecule has 6 heteroatoms. The van der Waals surface area contributed by atoms with Crippen molar-refractivity contribution in [3.8, 4) is 17.0 Å². The summed E-state index contributed by atoms with van der Waals surface area (Å²) in [6.07, 6.45) is 0. The maximum absolute atomic E-state index is 13.7. The number of anilines is 1. The third kappa shape index (κ3) is 1.88. The molecule has 0 saturated heterocycles. The molecule has 0 amide bonds. The fourth-order valence-corrected chi connectivity index (χ4v) is 1.80. The summed E-state index contributed by atoms with van der Waals surface area (Å²) in [4.78, 5) is 0. The first kappa shape index (κ1) is 10.9. The van der Waals surface area contributed by atoms with Crippen LogP contribution in [0.15, 0.2) is 27.2 Å². The Morgan fingerprint density at radius 3 is 2.75 bits per heavy atom. The molecule has 0 aliphatic heterocycles. The van der Waals surface area contributed by atoms with Crippen LogP contribution < -0.4 is 10.5 Å². The summed E-state index contributed by atoms with van der Waals surface area (Å²) in [5.74, 6) is 0.104. The largest absolute Gasteiger partial charge is 0.495 e. The fraction of sp³-hybridized carbons (Fsp3) is 0.100. The second-order valence-corrected chi connectivity index (χ2v) is 3.94. The molecule has 2 aromatic rings. The van der Waals surface area contributed by atoms with Gasteiger partial charge in [-0.2, -0.15) is 0 Å². The highest BCUT2D eigenvalue weighted by Crippen LogP contribution is 2.33. The van der Waals surface area contributed by atoms with E-state index in [2.05, 4.69) is 25.6 Å². The average Bonchev–Trinajstić information content (AvgIpc) is 2.67. The van der Waals surface area contributed by atoms with Gasteiger partial charge in [-0.3, -0.25) is 0 Å². The predicted octanol–water partition coefficient (Wildman–Crippen LogP) is 2.83. The highest BCUT2D eigenvalue weighted by molar-refractivity contribution is 9.10. The predicted molar refractivity (Wildman–Crippen MR) is 60.6 cm³/mol. The topological polar surface area (TPSA) is 61.3 Å². The number of hydrogen-bond donors (Lipinski definition) is 1. The Morgan fingerprint density at radius 2 is 2.19 bits per heavy atom. The molecular formula is C10H8BrFN2O2. The Labute approximate surface area is 99.3 Å². The van der Waals surface area contributed by atoms with Crippen LogP contribution in [0.3, 0.4) is 0 Å². The van der Waals surface area contributed by atoms with E-state index in [9.17, 15) is 4.39 Å². The van der Waals surface area contributed by atoms with Crippen LogP contribution in [0, 0.1) is 5.82 Å². The molecule has 0 spiro atoms. The van der Waals surface area contributed by atoms with Gasteiger partial charge in [-0.25, -0.2) is 4.39 Å². The second-order valence-electron chi connectivity index (χ2n) is 3.08. The first-order valence-corrected chi connectivity index (χ1v) is 5.16. The number of nitrogen functional groups attached to an aromatic ring is 1. The van der Waals surface area contributed by atoms with Crippen LogP contribution in [0.1, 0.15) is 0 Å². The molecule has 2 N–H and O–H groups in total. The zero-order valence-electron chi connectivity index (χ0n) is 8.33. The second kappa shape index (κ2) is 4.13. The van der Waals surface area contributed by atoms with Crippen LogP contribution in [0.25, 0.3) is 11.3 Å². The summed E-state index contributed by atoms with van der Waals surface area (Å²) in [6.45, 7) is 0. The first-order chi connectivity index (χ1) is 7.61. The lowest BCUT2D eigenvalue weighted by molar-refractivity contribution is 0.408. The Morgan fingerprint density at radius 1 is 1.44 bits per heavy atom. The van der Waals surface area contributed by atoms with Crippen molar-refractivity contribution in [1.82, 2.24) is 5.16 Å². The van der Waals surface area contributed by atoms with E-state index >= 15 is 0 Å². The highest BCUT2D eigenvalue weighted by atomic mass is 79.9. The molecule has 16 heavy (non-hydrogen) atoms. The van der Waals surface area contributed by atoms with E-state index < -0.39 is 5.82 Å². The number of aromatic nitrogens is 1. The fourth-order valence-electron chi connectivity index (χ4n) is 1.30. The van der Waals surface area contributed by atoms with Gasteiger partial charge in [-0.05, 0) is 22.0 Å². The smallest absolute Gasteiger partial charge is 0.222 e. The van der Waals surface area contributed by atoms with Crippen LogP contribution in [0.5, 0.6) is 5.75 Å². The molecule has 0 unspecified atom stereocenters. The highest BCUT2D eigenvalue weighted by Gasteiger charge is 2.13. The zero-order valence-corrected chi connectivity index (χ0v) is 9.92. The normalized spacial score (nSPS) is 10.4. The van der Waals surface area contributed by atoms with E-state index in [4.69, 9.17) is 10.5 Å². The van der Waals surface area contributed by atoms with Gasteiger partial charge in [-0.15, -0.1) is 0 Å². The number of halogens is 2. The molecule has 0 atom stereocenters. The number of nitrogens with zero attached hydrogens (tertiary/aromatic N) is 1. The summed E-state index contributed by atoms with van der Waals surface area (Å²) in [6, 6.07) is 4.28. The van der Waals surface area contributed by atoms with E-state index in [1.54, 1.807) is 6.07 Å². The van der Waals surface area contributed by atoms with Gasteiger partial charge in [0.15, 0.2) is 0 Å². The first-order valence-electron chi connectivity index (χ1n) is 4.37. The van der Waals surface area contributed by atoms with Crippen molar-refractivity contribution in [1.29, 1.82) is 0 Å². The average molecular weight is 287 g/mol. The van der Waals surface area contributed by atoms with Gasteiger partial charge >= 0.3 is 0 Å². The number of benzene rings is 1. The number of rotatable bonds is 2. The van der Waals surface area contributed by atoms with E-state index in [0.717, 1.165) is 0 Å². The third-order valence-electron chi connectivity index (χ3n) is 2.05. The minimum Gasteiger partial charge on any atom is -0.495 e. The molecular weight excluding hydrogens is 279 g/mol. The SMILES string of the molecule is COc1cc(F)c(-c2cc(N)on2)cc1Br. The van der Waals surface area contributed by atoms with Crippen molar-refractivity contribution in [2.75, 3.05) is 12.8 Å². The van der Waals surface area contributed by atoms with Gasteiger partial charge in [0.1, 0.15) is 17.3 Å². The number of methoxy groups -OCH3 is 1. The van der Waals surface area contributed by atoms with Gasteiger partial charge < -0.3 is 15.0 Å². The van der Waals surface area contributed by atoms with Crippen molar-refractivity contribution in [3.63, 3.8) is 0 Å². The quantitative estimate of drug-likeness (QED) is 0.922. The van der Waals surface area contributed by atoms with Gasteiger partial charge in [-0.1, -0.05) is 5.16 Å². The van der Waals surface area contributed by atoms with Crippen LogP contribution in [-0.2, 0) is 0 Å². The Balaban J connectivity index is 2.54. The molecule has 0 aliphatic rings. The van der Waals surface area contributed by atoms with Crippen molar-refractivity contribution in [2.45, 2.75) is 0 Å². The van der Waals surface area contributed by atoms with Gasteiger partial charge in [0, 0.05) is 17.7 Å². The minimum atomic E-state index is -0.451. The van der Waals surface area contributed by atoms with Crippen molar-refractivity contribution in [2.24, 2.45) is 0 Å². The van der Waals surface area contributed by atoms with Crippen molar-refractivity contribution in [3.05, 3.63) is 28.5 Å². The number of nitrogens with two attached hydrogens (primary N) is 1. The van der Waals surface area contributed by atoms with Gasteiger partial charge in [0.2, 0.25) is 5.88 Å². The monoisotopic (exact) mass is 286 g/mol. The summed E-state index contributed by atoms with van der Waals surface area (Å²) in [5.41, 5.74) is 6.02. The molecule has 0 aliphatic carbocycles. The van der Waals surface area contributed by atoms with E-state index in [1.807, 2.05) is 0 Å². The molecule has 0 bridgehead atoms. The van der Waals surface area contributed by atoms with Crippen LogP contribution in [0.2, 0.25) is 0 Å². The molecule has 84 valence electrons. The Bertz CT molecular complexity index is 528. The lowest BCUT2D eigenvalue weighted by Gasteiger charge is -2.05. The molecule has 1 aromatic carbocycles. The minimum absolute atomic E-state index is 0.140. The summed E-state index contributed by atoms with van der Waals surface area (Å²) < 4.78 is 24.0. The van der Waals surface area contributed by atoms with Crippen LogP contribution >= 0.6 is 15.9 Å². The molecule has 4 nitrogen and oxygen atoms in total. The Hall–Kier alpha value is -1.56. The van der Waals surface area contributed by atoms with Gasteiger partial charge in [0.25, 0.3) is 0 Å². The standard InChI is InChI=1S/C10H8BrFN2O2/c1-15-9-3-7(12)5(2-6(9)11)8-4-10(13)16-14-8/h2-4H,13H2,1H3. The molecule has 1 heterocycles. The van der Waals surface area contributed by atoms with E-state index in [0.29, 0.717) is 21.5 Å². The molecule has 1 aromatic heterocycles. The molecule has 2 rings (SSSR count). The maximum Gasteiger partial charge on any atom is 0.222 e. The van der Waals surface area contributed by atoms with Crippen molar-refractivity contribution >= 4 is 21.8 Å².